The summed E-state index contributed by atoms with van der Waals surface area (Å²) in [5.41, 5.74) is 0.946. The van der Waals surface area contributed by atoms with E-state index in [9.17, 15) is 4.79 Å². The van der Waals surface area contributed by atoms with Gasteiger partial charge in [0.05, 0.1) is 26.9 Å². The maximum atomic E-state index is 12.0. The van der Waals surface area contributed by atoms with E-state index >= 15 is 0 Å². The van der Waals surface area contributed by atoms with E-state index in [1.807, 2.05) is 0 Å². The number of benzene rings is 1. The number of carbonyl (C=O) groups excluding carboxylic acids is 1. The minimum Gasteiger partial charge on any atom is -0.321 e. The summed E-state index contributed by atoms with van der Waals surface area (Å²) in [6.07, 6.45) is 1.47. The number of anilines is 1. The molecule has 0 radical (unpaired) electrons. The molecule has 1 heterocycles. The summed E-state index contributed by atoms with van der Waals surface area (Å²) in [5, 5.41) is 3.43. The van der Waals surface area contributed by atoms with Crippen molar-refractivity contribution in [3.63, 3.8) is 0 Å². The zero-order valence-electron chi connectivity index (χ0n) is 8.95. The Bertz CT molecular complexity index is 604. The second-order valence-corrected chi connectivity index (χ2v) is 5.05. The van der Waals surface area contributed by atoms with Crippen molar-refractivity contribution in [3.05, 3.63) is 56.7 Å². The number of aromatic nitrogens is 1. The van der Waals surface area contributed by atoms with Crippen LogP contribution in [0.25, 0.3) is 0 Å². The molecule has 0 fully saturated rings. The Kier molecular flexibility index (Phi) is 4.22. The molecule has 0 spiro atoms. The highest BCUT2D eigenvalue weighted by atomic mass is 79.9. The van der Waals surface area contributed by atoms with E-state index < -0.39 is 0 Å². The van der Waals surface area contributed by atoms with Gasteiger partial charge in [0.2, 0.25) is 0 Å². The van der Waals surface area contributed by atoms with Crippen LogP contribution in [0.15, 0.2) is 41.0 Å². The van der Waals surface area contributed by atoms with Gasteiger partial charge in [0.15, 0.2) is 0 Å². The zero-order chi connectivity index (χ0) is 13.1. The van der Waals surface area contributed by atoms with E-state index in [4.69, 9.17) is 23.2 Å². The Balaban J connectivity index is 2.22. The second-order valence-electron chi connectivity index (χ2n) is 3.43. The van der Waals surface area contributed by atoms with E-state index in [-0.39, 0.29) is 5.91 Å². The van der Waals surface area contributed by atoms with Crippen molar-refractivity contribution in [2.24, 2.45) is 0 Å². The lowest BCUT2D eigenvalue weighted by molar-refractivity contribution is 0.102. The lowest BCUT2D eigenvalue weighted by Crippen LogP contribution is -2.12. The van der Waals surface area contributed by atoms with Crippen LogP contribution in [-0.4, -0.2) is 10.9 Å². The molecule has 3 nitrogen and oxygen atoms in total. The predicted octanol–water partition coefficient (Wildman–Crippen LogP) is 4.40. The molecule has 0 saturated carbocycles. The largest absolute Gasteiger partial charge is 0.321 e. The number of halogens is 3. The molecule has 18 heavy (non-hydrogen) atoms. The number of rotatable bonds is 2. The van der Waals surface area contributed by atoms with Crippen molar-refractivity contribution in [2.45, 2.75) is 0 Å². The molecule has 2 rings (SSSR count). The van der Waals surface area contributed by atoms with E-state index in [0.717, 1.165) is 0 Å². The summed E-state index contributed by atoms with van der Waals surface area (Å²) in [6, 6.07) is 8.49. The molecule has 0 aliphatic rings. The monoisotopic (exact) mass is 344 g/mol. The van der Waals surface area contributed by atoms with Crippen LogP contribution < -0.4 is 5.32 Å². The molecule has 1 N–H and O–H groups in total. The van der Waals surface area contributed by atoms with Gasteiger partial charge in [-0.2, -0.15) is 0 Å². The molecular formula is C12H7BrCl2N2O. The standard InChI is InChI=1S/C12H7BrCl2N2O/c13-9-5-7(6-16-11(9)15)17-12(18)8-3-1-2-4-10(8)14/h1-6H,(H,17,18). The van der Waals surface area contributed by atoms with Gasteiger partial charge in [0, 0.05) is 0 Å². The summed E-state index contributed by atoms with van der Waals surface area (Å²) >= 11 is 14.9. The summed E-state index contributed by atoms with van der Waals surface area (Å²) < 4.78 is 0.612. The first-order valence-electron chi connectivity index (χ1n) is 4.95. The molecule has 92 valence electrons. The molecule has 0 bridgehead atoms. The number of amides is 1. The molecule has 1 aromatic heterocycles. The molecular weight excluding hydrogens is 339 g/mol. The van der Waals surface area contributed by atoms with Gasteiger partial charge in [-0.1, -0.05) is 35.3 Å². The smallest absolute Gasteiger partial charge is 0.257 e. The van der Waals surface area contributed by atoms with E-state index in [1.54, 1.807) is 30.3 Å². The van der Waals surface area contributed by atoms with Gasteiger partial charge in [-0.05, 0) is 34.1 Å². The number of nitrogens with one attached hydrogen (secondary N) is 1. The quantitative estimate of drug-likeness (QED) is 0.819. The zero-order valence-corrected chi connectivity index (χ0v) is 12.1. The highest BCUT2D eigenvalue weighted by molar-refractivity contribution is 9.10. The molecule has 6 heteroatoms. The Hall–Kier alpha value is -1.10. The Morgan fingerprint density at radius 1 is 1.28 bits per heavy atom. The number of pyridine rings is 1. The minimum absolute atomic E-state index is 0.295. The van der Waals surface area contributed by atoms with Crippen molar-refractivity contribution >= 4 is 50.7 Å². The molecule has 0 aliphatic carbocycles. The third-order valence-electron chi connectivity index (χ3n) is 2.17. The van der Waals surface area contributed by atoms with Crippen LogP contribution >= 0.6 is 39.1 Å². The van der Waals surface area contributed by atoms with Crippen molar-refractivity contribution in [2.75, 3.05) is 5.32 Å². The normalized spacial score (nSPS) is 10.2. The average molecular weight is 346 g/mol. The summed E-state index contributed by atoms with van der Waals surface area (Å²) in [7, 11) is 0. The van der Waals surface area contributed by atoms with Crippen molar-refractivity contribution in [3.8, 4) is 0 Å². The van der Waals surface area contributed by atoms with Crippen LogP contribution in [0.2, 0.25) is 10.2 Å². The summed E-state index contributed by atoms with van der Waals surface area (Å²) in [6.45, 7) is 0. The van der Waals surface area contributed by atoms with Crippen LogP contribution in [0, 0.1) is 0 Å². The summed E-state index contributed by atoms with van der Waals surface area (Å²) in [5.74, 6) is -0.295. The lowest BCUT2D eigenvalue weighted by Gasteiger charge is -2.07. The van der Waals surface area contributed by atoms with Gasteiger partial charge in [-0.3, -0.25) is 4.79 Å². The maximum Gasteiger partial charge on any atom is 0.257 e. The highest BCUT2D eigenvalue weighted by Crippen LogP contribution is 2.23. The Labute approximate surface area is 122 Å². The lowest BCUT2D eigenvalue weighted by atomic mass is 10.2. The first-order chi connectivity index (χ1) is 8.58. The molecule has 0 aliphatic heterocycles. The average Bonchev–Trinajstić information content (AvgIpc) is 2.34. The topological polar surface area (TPSA) is 42.0 Å². The first-order valence-corrected chi connectivity index (χ1v) is 6.50. The second kappa shape index (κ2) is 5.69. The van der Waals surface area contributed by atoms with Gasteiger partial charge < -0.3 is 5.32 Å². The highest BCUT2D eigenvalue weighted by Gasteiger charge is 2.10. The van der Waals surface area contributed by atoms with Crippen LogP contribution in [0.3, 0.4) is 0 Å². The number of hydrogen-bond donors (Lipinski definition) is 1. The molecule has 2 aromatic rings. The molecule has 0 saturated heterocycles. The fourth-order valence-corrected chi connectivity index (χ4v) is 2.01. The van der Waals surface area contributed by atoms with Crippen molar-refractivity contribution < 1.29 is 4.79 Å². The number of carbonyl (C=O) groups is 1. The van der Waals surface area contributed by atoms with E-state index in [2.05, 4.69) is 26.2 Å². The van der Waals surface area contributed by atoms with Crippen LogP contribution in [0.5, 0.6) is 0 Å². The van der Waals surface area contributed by atoms with E-state index in [1.165, 1.54) is 6.20 Å². The predicted molar refractivity (Wildman–Crippen MR) is 76.4 cm³/mol. The summed E-state index contributed by atoms with van der Waals surface area (Å²) in [4.78, 5) is 15.9. The third-order valence-corrected chi connectivity index (χ3v) is 3.64. The van der Waals surface area contributed by atoms with Gasteiger partial charge in [0.25, 0.3) is 5.91 Å². The molecule has 0 atom stereocenters. The van der Waals surface area contributed by atoms with E-state index in [0.29, 0.717) is 25.9 Å². The minimum atomic E-state index is -0.295. The van der Waals surface area contributed by atoms with Crippen LogP contribution in [-0.2, 0) is 0 Å². The fourth-order valence-electron chi connectivity index (χ4n) is 1.33. The third kappa shape index (κ3) is 3.02. The maximum absolute atomic E-state index is 12.0. The molecule has 1 aromatic carbocycles. The number of nitrogens with zero attached hydrogens (tertiary/aromatic N) is 1. The SMILES string of the molecule is O=C(Nc1cnc(Cl)c(Br)c1)c1ccccc1Cl. The van der Waals surface area contributed by atoms with Crippen LogP contribution in [0.4, 0.5) is 5.69 Å². The first kappa shape index (κ1) is 13.3. The molecule has 1 amide bonds. The molecule has 0 unspecified atom stereocenters. The Morgan fingerprint density at radius 2 is 2.00 bits per heavy atom. The van der Waals surface area contributed by atoms with Crippen molar-refractivity contribution in [1.29, 1.82) is 0 Å². The Morgan fingerprint density at radius 3 is 2.67 bits per heavy atom. The van der Waals surface area contributed by atoms with Gasteiger partial charge in [-0.25, -0.2) is 4.98 Å². The van der Waals surface area contributed by atoms with Gasteiger partial charge in [-0.15, -0.1) is 0 Å². The fraction of sp³-hybridized carbons (Fsp3) is 0. The van der Waals surface area contributed by atoms with Gasteiger partial charge >= 0.3 is 0 Å². The van der Waals surface area contributed by atoms with Gasteiger partial charge in [0.1, 0.15) is 5.15 Å². The van der Waals surface area contributed by atoms with Crippen molar-refractivity contribution in [1.82, 2.24) is 4.98 Å². The van der Waals surface area contributed by atoms with Crippen LogP contribution in [0.1, 0.15) is 10.4 Å². The number of hydrogen-bond acceptors (Lipinski definition) is 2.